The quantitative estimate of drug-likeness (QED) is 0.789. The summed E-state index contributed by atoms with van der Waals surface area (Å²) in [4.78, 5) is 0. The zero-order valence-corrected chi connectivity index (χ0v) is 10.5. The monoisotopic (exact) mass is 277 g/mol. The maximum absolute atomic E-state index is 11.2. The van der Waals surface area contributed by atoms with Gasteiger partial charge in [0.25, 0.3) is 15.3 Å². The second kappa shape index (κ2) is 4.65. The fraction of sp³-hybridized carbons (Fsp3) is 0.222. The Kier molecular flexibility index (Phi) is 3.41. The molecule has 0 amide bonds. The lowest BCUT2D eigenvalue weighted by Gasteiger charge is -2.11. The Hall–Kier alpha value is -0.720. The molecule has 0 N–H and O–H groups in total. The second-order valence-electron chi connectivity index (χ2n) is 3.05. The second-order valence-corrected chi connectivity index (χ2v) is 6.29. The Morgan fingerprint density at radius 1 is 1.44 bits per heavy atom. The Labute approximate surface area is 103 Å². The van der Waals surface area contributed by atoms with Crippen molar-refractivity contribution in [2.45, 2.75) is 0 Å². The molecule has 0 saturated carbocycles. The zero-order chi connectivity index (χ0) is 11.6. The number of thioether (sulfide) groups is 1. The summed E-state index contributed by atoms with van der Waals surface area (Å²) < 4.78 is 31.3. The van der Waals surface area contributed by atoms with Gasteiger partial charge in [-0.05, 0) is 18.2 Å². The minimum absolute atomic E-state index is 0.0556. The molecule has 0 bridgehead atoms. The van der Waals surface area contributed by atoms with Gasteiger partial charge in [-0.2, -0.15) is 0 Å². The molecular formula is C9H8ClNO3S2. The molecule has 0 unspecified atom stereocenters. The smallest absolute Gasteiger partial charge is 0.267 e. The van der Waals surface area contributed by atoms with E-state index in [1.54, 1.807) is 24.3 Å². The Morgan fingerprint density at radius 2 is 2.25 bits per heavy atom. The van der Waals surface area contributed by atoms with Crippen LogP contribution >= 0.6 is 23.4 Å². The van der Waals surface area contributed by atoms with E-state index in [9.17, 15) is 8.42 Å². The molecule has 2 rings (SSSR count). The summed E-state index contributed by atoms with van der Waals surface area (Å²) in [5.74, 6) is 0.998. The van der Waals surface area contributed by atoms with Crippen LogP contribution in [-0.4, -0.2) is 25.2 Å². The molecule has 1 aromatic carbocycles. The lowest BCUT2D eigenvalue weighted by molar-refractivity contribution is 0.562. The van der Waals surface area contributed by atoms with E-state index in [1.165, 1.54) is 11.8 Å². The molecule has 0 spiro atoms. The summed E-state index contributed by atoms with van der Waals surface area (Å²) in [6.45, 7) is 0. The van der Waals surface area contributed by atoms with Crippen LogP contribution in [0.1, 0.15) is 0 Å². The van der Waals surface area contributed by atoms with Gasteiger partial charge < -0.3 is 4.74 Å². The van der Waals surface area contributed by atoms with Gasteiger partial charge in [0.1, 0.15) is 5.75 Å². The van der Waals surface area contributed by atoms with Crippen LogP contribution in [0.4, 0.5) is 0 Å². The van der Waals surface area contributed by atoms with Crippen molar-refractivity contribution >= 4 is 38.6 Å². The van der Waals surface area contributed by atoms with Gasteiger partial charge >= 0.3 is 0 Å². The molecule has 0 saturated heterocycles. The Balaban J connectivity index is 2.19. The standard InChI is InChI=1S/C9H8ClNO3S2/c10-7-2-1-3-8(6-7)14-9-11-16(12,13)5-4-15-9/h1-3,6H,4-5H2. The molecule has 1 aliphatic rings. The molecule has 0 fully saturated rings. The molecule has 1 aromatic rings. The highest BCUT2D eigenvalue weighted by Crippen LogP contribution is 2.22. The first-order chi connectivity index (χ1) is 7.55. The lowest BCUT2D eigenvalue weighted by atomic mass is 10.3. The van der Waals surface area contributed by atoms with Crippen LogP contribution in [0.25, 0.3) is 0 Å². The van der Waals surface area contributed by atoms with Crippen molar-refractivity contribution in [3.8, 4) is 5.75 Å². The van der Waals surface area contributed by atoms with E-state index < -0.39 is 10.0 Å². The van der Waals surface area contributed by atoms with E-state index in [0.29, 0.717) is 16.5 Å². The van der Waals surface area contributed by atoms with Crippen molar-refractivity contribution in [2.24, 2.45) is 4.40 Å². The van der Waals surface area contributed by atoms with E-state index in [1.807, 2.05) is 0 Å². The number of hydrogen-bond donors (Lipinski definition) is 0. The van der Waals surface area contributed by atoms with Crippen LogP contribution in [0.3, 0.4) is 0 Å². The zero-order valence-electron chi connectivity index (χ0n) is 8.09. The van der Waals surface area contributed by atoms with Crippen LogP contribution in [0.15, 0.2) is 28.7 Å². The predicted octanol–water partition coefficient (Wildman–Crippen LogP) is 2.15. The third kappa shape index (κ3) is 3.13. The third-order valence-electron chi connectivity index (χ3n) is 1.78. The first-order valence-corrected chi connectivity index (χ1v) is 7.41. The average Bonchev–Trinajstić information content (AvgIpc) is 2.15. The summed E-state index contributed by atoms with van der Waals surface area (Å²) in [6.07, 6.45) is 0. The summed E-state index contributed by atoms with van der Waals surface area (Å²) in [7, 11) is -3.35. The van der Waals surface area contributed by atoms with Crippen molar-refractivity contribution < 1.29 is 13.2 Å². The van der Waals surface area contributed by atoms with E-state index in [2.05, 4.69) is 4.40 Å². The highest BCUT2D eigenvalue weighted by atomic mass is 35.5. The van der Waals surface area contributed by atoms with Gasteiger partial charge in [0.2, 0.25) is 0 Å². The molecule has 0 aliphatic carbocycles. The van der Waals surface area contributed by atoms with Gasteiger partial charge in [-0.15, -0.1) is 4.40 Å². The first-order valence-electron chi connectivity index (χ1n) is 4.44. The maximum Gasteiger partial charge on any atom is 0.267 e. The predicted molar refractivity (Wildman–Crippen MR) is 65.8 cm³/mol. The number of ether oxygens (including phenoxy) is 1. The van der Waals surface area contributed by atoms with E-state index >= 15 is 0 Å². The minimum atomic E-state index is -3.35. The van der Waals surface area contributed by atoms with Gasteiger partial charge in [0, 0.05) is 10.8 Å². The van der Waals surface area contributed by atoms with Crippen LogP contribution in [-0.2, 0) is 10.0 Å². The molecule has 16 heavy (non-hydrogen) atoms. The Bertz CT molecular complexity index is 527. The van der Waals surface area contributed by atoms with E-state index in [-0.39, 0.29) is 11.0 Å². The molecule has 7 heteroatoms. The number of rotatable bonds is 1. The van der Waals surface area contributed by atoms with Crippen LogP contribution in [0.5, 0.6) is 5.75 Å². The van der Waals surface area contributed by atoms with Crippen molar-refractivity contribution in [1.82, 2.24) is 0 Å². The van der Waals surface area contributed by atoms with Gasteiger partial charge in [-0.3, -0.25) is 0 Å². The van der Waals surface area contributed by atoms with Crippen molar-refractivity contribution in [3.05, 3.63) is 29.3 Å². The third-order valence-corrected chi connectivity index (χ3v) is 4.38. The highest BCUT2D eigenvalue weighted by Gasteiger charge is 2.19. The van der Waals surface area contributed by atoms with E-state index in [4.69, 9.17) is 16.3 Å². The van der Waals surface area contributed by atoms with Crippen molar-refractivity contribution in [2.75, 3.05) is 11.5 Å². The summed E-state index contributed by atoms with van der Waals surface area (Å²) in [5.41, 5.74) is 0. The van der Waals surface area contributed by atoms with Gasteiger partial charge in [-0.1, -0.05) is 29.4 Å². The molecule has 1 heterocycles. The van der Waals surface area contributed by atoms with E-state index in [0.717, 1.165) is 0 Å². The Morgan fingerprint density at radius 3 is 2.94 bits per heavy atom. The first kappa shape index (κ1) is 11.8. The van der Waals surface area contributed by atoms with Crippen LogP contribution in [0.2, 0.25) is 5.02 Å². The molecule has 4 nitrogen and oxygen atoms in total. The van der Waals surface area contributed by atoms with Gasteiger partial charge in [0.15, 0.2) is 0 Å². The van der Waals surface area contributed by atoms with Crippen molar-refractivity contribution in [1.29, 1.82) is 0 Å². The fourth-order valence-corrected chi connectivity index (χ4v) is 3.69. The minimum Gasteiger partial charge on any atom is -0.433 e. The topological polar surface area (TPSA) is 55.7 Å². The van der Waals surface area contributed by atoms with Gasteiger partial charge in [-0.25, -0.2) is 8.42 Å². The van der Waals surface area contributed by atoms with Crippen LogP contribution in [0, 0.1) is 0 Å². The maximum atomic E-state index is 11.2. The number of benzene rings is 1. The molecule has 0 radical (unpaired) electrons. The molecular weight excluding hydrogens is 270 g/mol. The SMILES string of the molecule is O=S1(=O)CCSC(Oc2cccc(Cl)c2)=N1. The number of sulfonamides is 1. The molecule has 1 aliphatic heterocycles. The normalized spacial score (nSPS) is 18.9. The molecule has 0 aromatic heterocycles. The average molecular weight is 278 g/mol. The summed E-state index contributed by atoms with van der Waals surface area (Å²) >= 11 is 7.05. The van der Waals surface area contributed by atoms with Gasteiger partial charge in [0.05, 0.1) is 5.75 Å². The van der Waals surface area contributed by atoms with Crippen LogP contribution < -0.4 is 4.74 Å². The lowest BCUT2D eigenvalue weighted by Crippen LogP contribution is -2.18. The number of halogens is 1. The number of nitrogens with zero attached hydrogens (tertiary/aromatic N) is 1. The van der Waals surface area contributed by atoms with Crippen molar-refractivity contribution in [3.63, 3.8) is 0 Å². The molecule has 86 valence electrons. The molecule has 0 atom stereocenters. The highest BCUT2D eigenvalue weighted by molar-refractivity contribution is 8.15. The summed E-state index contributed by atoms with van der Waals surface area (Å²) in [5, 5.41) is 0.676. The largest absolute Gasteiger partial charge is 0.433 e. The number of hydrogen-bond acceptors (Lipinski definition) is 4. The summed E-state index contributed by atoms with van der Waals surface area (Å²) in [6, 6.07) is 6.73. The fourth-order valence-electron chi connectivity index (χ4n) is 1.10.